The average Bonchev–Trinajstić information content (AvgIpc) is 2.75. The predicted octanol–water partition coefficient (Wildman–Crippen LogP) is 3.42. The lowest BCUT2D eigenvalue weighted by Gasteiger charge is -2.15. The molecular weight excluding hydrogens is 389 g/mol. The van der Waals surface area contributed by atoms with Gasteiger partial charge in [-0.3, -0.25) is 0 Å². The van der Waals surface area contributed by atoms with E-state index in [-0.39, 0.29) is 11.4 Å². The predicted molar refractivity (Wildman–Crippen MR) is 111 cm³/mol. The topological polar surface area (TPSA) is 112 Å². The van der Waals surface area contributed by atoms with Gasteiger partial charge in [0, 0.05) is 36.5 Å². The Morgan fingerprint density at radius 1 is 1.20 bits per heavy atom. The van der Waals surface area contributed by atoms with Gasteiger partial charge >= 0.3 is 0 Å². The molecule has 0 spiro atoms. The molecule has 9 heteroatoms. The Morgan fingerprint density at radius 3 is 2.80 bits per heavy atom. The Bertz CT molecular complexity index is 1080. The Hall–Kier alpha value is -3.64. The number of rotatable bonds is 9. The van der Waals surface area contributed by atoms with Gasteiger partial charge in [0.2, 0.25) is 0 Å². The Balaban J connectivity index is 1.87. The number of halogens is 1. The fourth-order valence-corrected chi connectivity index (χ4v) is 2.88. The van der Waals surface area contributed by atoms with Crippen molar-refractivity contribution in [3.05, 3.63) is 42.0 Å². The van der Waals surface area contributed by atoms with Crippen LogP contribution in [0.2, 0.25) is 0 Å². The first-order valence-electron chi connectivity index (χ1n) is 9.33. The third-order valence-electron chi connectivity index (χ3n) is 4.50. The van der Waals surface area contributed by atoms with E-state index in [1.165, 1.54) is 25.6 Å². The van der Waals surface area contributed by atoms with Gasteiger partial charge in [-0.2, -0.15) is 5.26 Å². The van der Waals surface area contributed by atoms with Crippen molar-refractivity contribution >= 4 is 22.4 Å². The molecule has 0 bridgehead atoms. The molecule has 8 nitrogen and oxygen atoms in total. The van der Waals surface area contributed by atoms with Crippen LogP contribution < -0.4 is 20.1 Å². The van der Waals surface area contributed by atoms with E-state index in [0.29, 0.717) is 59.9 Å². The van der Waals surface area contributed by atoms with Gasteiger partial charge in [-0.15, -0.1) is 0 Å². The summed E-state index contributed by atoms with van der Waals surface area (Å²) in [5.41, 5.74) is 1.09. The number of aromatic hydroxyl groups is 1. The second kappa shape index (κ2) is 9.71. The Labute approximate surface area is 173 Å². The first-order valence-corrected chi connectivity index (χ1v) is 9.33. The summed E-state index contributed by atoms with van der Waals surface area (Å²) in [6.45, 7) is 3.18. The standard InChI is InChI=1S/C21H22FN5O3/c1-13-17(28)5-4-15(22)20(13)27-21-14-10-18(29-2)19(11-16(14)25-12-26-21)30-9-8-24-7-3-6-23/h4-5,10-12,24,28H,3,7-9H2,1-2H3,(H,25,26,27). The molecule has 0 saturated heterocycles. The molecule has 0 unspecified atom stereocenters. The first kappa shape index (κ1) is 21.1. The van der Waals surface area contributed by atoms with Gasteiger partial charge in [-0.05, 0) is 25.1 Å². The second-order valence-electron chi connectivity index (χ2n) is 6.44. The number of hydrogen-bond acceptors (Lipinski definition) is 8. The lowest BCUT2D eigenvalue weighted by Crippen LogP contribution is -2.21. The second-order valence-corrected chi connectivity index (χ2v) is 6.44. The molecular formula is C21H22FN5O3. The molecule has 0 aliphatic heterocycles. The molecule has 0 amide bonds. The number of hydrogen-bond donors (Lipinski definition) is 3. The van der Waals surface area contributed by atoms with Crippen molar-refractivity contribution < 1.29 is 19.0 Å². The number of methoxy groups -OCH3 is 1. The number of benzene rings is 2. The lowest BCUT2D eigenvalue weighted by atomic mass is 10.1. The molecule has 0 fully saturated rings. The summed E-state index contributed by atoms with van der Waals surface area (Å²) in [5, 5.41) is 25.1. The molecule has 1 aromatic heterocycles. The summed E-state index contributed by atoms with van der Waals surface area (Å²) in [6.07, 6.45) is 1.80. The number of fused-ring (bicyclic) bond motifs is 1. The van der Waals surface area contributed by atoms with Crippen LogP contribution in [0.4, 0.5) is 15.9 Å². The van der Waals surface area contributed by atoms with Crippen LogP contribution in [-0.4, -0.2) is 41.9 Å². The zero-order chi connectivity index (χ0) is 21.5. The average molecular weight is 411 g/mol. The number of phenolic OH excluding ortho intramolecular Hbond substituents is 1. The highest BCUT2D eigenvalue weighted by atomic mass is 19.1. The fourth-order valence-electron chi connectivity index (χ4n) is 2.88. The number of aromatic nitrogens is 2. The molecule has 0 radical (unpaired) electrons. The maximum Gasteiger partial charge on any atom is 0.163 e. The number of ether oxygens (including phenoxy) is 2. The van der Waals surface area contributed by atoms with Crippen molar-refractivity contribution in [2.75, 3.05) is 32.1 Å². The highest BCUT2D eigenvalue weighted by Gasteiger charge is 2.15. The highest BCUT2D eigenvalue weighted by Crippen LogP contribution is 2.36. The SMILES string of the molecule is COc1cc2c(Nc3c(F)ccc(O)c3C)ncnc2cc1OCCNCCC#N. The van der Waals surface area contributed by atoms with Gasteiger partial charge in [-0.25, -0.2) is 14.4 Å². The molecule has 3 N–H and O–H groups in total. The van der Waals surface area contributed by atoms with E-state index in [2.05, 4.69) is 26.7 Å². The molecule has 0 saturated carbocycles. The molecule has 2 aromatic carbocycles. The van der Waals surface area contributed by atoms with Gasteiger partial charge in [0.05, 0.1) is 24.4 Å². The fraction of sp³-hybridized carbons (Fsp3) is 0.286. The van der Waals surface area contributed by atoms with E-state index in [0.717, 1.165) is 0 Å². The van der Waals surface area contributed by atoms with E-state index >= 15 is 0 Å². The minimum atomic E-state index is -0.507. The van der Waals surface area contributed by atoms with Gasteiger partial charge in [0.1, 0.15) is 30.3 Å². The van der Waals surface area contributed by atoms with Gasteiger partial charge < -0.3 is 25.2 Å². The van der Waals surface area contributed by atoms with Gasteiger partial charge in [0.25, 0.3) is 0 Å². The van der Waals surface area contributed by atoms with Crippen molar-refractivity contribution in [3.63, 3.8) is 0 Å². The molecule has 3 rings (SSSR count). The van der Waals surface area contributed by atoms with E-state index in [1.54, 1.807) is 19.1 Å². The Kier molecular flexibility index (Phi) is 6.83. The number of phenols is 1. The zero-order valence-corrected chi connectivity index (χ0v) is 16.7. The minimum Gasteiger partial charge on any atom is -0.508 e. The maximum absolute atomic E-state index is 14.3. The van der Waals surface area contributed by atoms with E-state index in [9.17, 15) is 9.50 Å². The number of anilines is 2. The van der Waals surface area contributed by atoms with Gasteiger partial charge in [-0.1, -0.05) is 0 Å². The van der Waals surface area contributed by atoms with Crippen molar-refractivity contribution in [2.24, 2.45) is 0 Å². The van der Waals surface area contributed by atoms with Crippen LogP contribution in [-0.2, 0) is 0 Å². The van der Waals surface area contributed by atoms with Crippen LogP contribution in [0.5, 0.6) is 17.2 Å². The highest BCUT2D eigenvalue weighted by molar-refractivity contribution is 5.93. The monoisotopic (exact) mass is 411 g/mol. The lowest BCUT2D eigenvalue weighted by molar-refractivity contribution is 0.293. The number of nitrogens with one attached hydrogen (secondary N) is 2. The van der Waals surface area contributed by atoms with Crippen LogP contribution in [0.1, 0.15) is 12.0 Å². The molecule has 30 heavy (non-hydrogen) atoms. The number of nitriles is 1. The van der Waals surface area contributed by atoms with Crippen LogP contribution in [0, 0.1) is 24.1 Å². The molecule has 0 aliphatic carbocycles. The summed E-state index contributed by atoms with van der Waals surface area (Å²) in [4.78, 5) is 8.49. The van der Waals surface area contributed by atoms with Crippen molar-refractivity contribution in [1.29, 1.82) is 5.26 Å². The molecule has 0 atom stereocenters. The van der Waals surface area contributed by atoms with E-state index < -0.39 is 5.82 Å². The van der Waals surface area contributed by atoms with Crippen LogP contribution in [0.25, 0.3) is 10.9 Å². The normalized spacial score (nSPS) is 10.6. The van der Waals surface area contributed by atoms with E-state index in [1.807, 2.05) is 0 Å². The van der Waals surface area contributed by atoms with E-state index in [4.69, 9.17) is 14.7 Å². The maximum atomic E-state index is 14.3. The van der Waals surface area contributed by atoms with Gasteiger partial charge in [0.15, 0.2) is 11.5 Å². The van der Waals surface area contributed by atoms with Crippen LogP contribution in [0.3, 0.4) is 0 Å². The largest absolute Gasteiger partial charge is 0.508 e. The molecule has 0 aliphatic rings. The quantitative estimate of drug-likeness (QED) is 0.459. The summed E-state index contributed by atoms with van der Waals surface area (Å²) in [5.74, 6) is 0.833. The third kappa shape index (κ3) is 4.67. The van der Waals surface area contributed by atoms with Crippen molar-refractivity contribution in [3.8, 4) is 23.3 Å². The molecule has 1 heterocycles. The van der Waals surface area contributed by atoms with Crippen molar-refractivity contribution in [1.82, 2.24) is 15.3 Å². The molecule has 3 aromatic rings. The third-order valence-corrected chi connectivity index (χ3v) is 4.50. The Morgan fingerprint density at radius 2 is 2.03 bits per heavy atom. The summed E-state index contributed by atoms with van der Waals surface area (Å²) >= 11 is 0. The zero-order valence-electron chi connectivity index (χ0n) is 16.7. The first-order chi connectivity index (χ1) is 14.5. The van der Waals surface area contributed by atoms with Crippen molar-refractivity contribution in [2.45, 2.75) is 13.3 Å². The summed E-state index contributed by atoms with van der Waals surface area (Å²) in [6, 6.07) is 7.99. The minimum absolute atomic E-state index is 0.0195. The summed E-state index contributed by atoms with van der Waals surface area (Å²) < 4.78 is 25.5. The van der Waals surface area contributed by atoms with Crippen LogP contribution in [0.15, 0.2) is 30.6 Å². The summed E-state index contributed by atoms with van der Waals surface area (Å²) in [7, 11) is 1.52. The number of nitrogens with zero attached hydrogens (tertiary/aromatic N) is 3. The smallest absolute Gasteiger partial charge is 0.163 e. The molecule has 156 valence electrons. The van der Waals surface area contributed by atoms with Crippen LogP contribution >= 0.6 is 0 Å².